The molecule has 2 aliphatic rings. The molecule has 0 radical (unpaired) electrons. The Morgan fingerprint density at radius 3 is 2.29 bits per heavy atom. The predicted octanol–water partition coefficient (Wildman–Crippen LogP) is 0.442. The first-order valence-corrected chi connectivity index (χ1v) is 6.25. The molecular formula is C12H18N2O3. The minimum Gasteiger partial charge on any atom is -0.324 e. The molecule has 1 saturated carbocycles. The van der Waals surface area contributed by atoms with Crippen LogP contribution in [0.3, 0.4) is 0 Å². The van der Waals surface area contributed by atoms with Gasteiger partial charge in [0, 0.05) is 6.42 Å². The highest BCUT2D eigenvalue weighted by atomic mass is 16.2. The predicted molar refractivity (Wildman–Crippen MR) is 60.9 cm³/mol. The van der Waals surface area contributed by atoms with Crippen molar-refractivity contribution in [3.8, 4) is 0 Å². The summed E-state index contributed by atoms with van der Waals surface area (Å²) < 4.78 is 0. The van der Waals surface area contributed by atoms with Gasteiger partial charge in [0.05, 0.1) is 0 Å². The normalized spacial score (nSPS) is 22.5. The number of hydrogen-bond acceptors (Lipinski definition) is 3. The number of piperazine rings is 1. The van der Waals surface area contributed by atoms with Crippen LogP contribution in [-0.2, 0) is 14.4 Å². The topological polar surface area (TPSA) is 66.5 Å². The van der Waals surface area contributed by atoms with Gasteiger partial charge in [-0.1, -0.05) is 19.3 Å². The molecule has 2 rings (SSSR count). The summed E-state index contributed by atoms with van der Waals surface area (Å²) in [4.78, 5) is 35.6. The SMILES string of the molecule is O=C1CN(C(=O)CC2CCCCC2)CC(=O)N1. The van der Waals surface area contributed by atoms with E-state index in [1.807, 2.05) is 0 Å². The molecule has 0 spiro atoms. The first kappa shape index (κ1) is 12.1. The van der Waals surface area contributed by atoms with Crippen LogP contribution in [-0.4, -0.2) is 35.7 Å². The summed E-state index contributed by atoms with van der Waals surface area (Å²) in [6.45, 7) is 0.0502. The van der Waals surface area contributed by atoms with Gasteiger partial charge in [-0.25, -0.2) is 0 Å². The summed E-state index contributed by atoms with van der Waals surface area (Å²) in [5.41, 5.74) is 0. The van der Waals surface area contributed by atoms with Crippen molar-refractivity contribution in [2.45, 2.75) is 38.5 Å². The van der Waals surface area contributed by atoms with Gasteiger partial charge in [-0.15, -0.1) is 0 Å². The van der Waals surface area contributed by atoms with E-state index in [2.05, 4.69) is 5.32 Å². The molecular weight excluding hydrogens is 220 g/mol. The Hall–Kier alpha value is -1.39. The molecule has 5 heteroatoms. The lowest BCUT2D eigenvalue weighted by Crippen LogP contribution is -2.53. The van der Waals surface area contributed by atoms with Crippen LogP contribution in [0.2, 0.25) is 0 Å². The summed E-state index contributed by atoms with van der Waals surface area (Å²) in [5.74, 6) is -0.368. The van der Waals surface area contributed by atoms with E-state index in [0.29, 0.717) is 12.3 Å². The standard InChI is InChI=1S/C12H18N2O3/c15-10-7-14(8-11(16)13-10)12(17)6-9-4-2-1-3-5-9/h9H,1-8H2,(H,13,15,16). The summed E-state index contributed by atoms with van der Waals surface area (Å²) in [6.07, 6.45) is 6.32. The minimum atomic E-state index is -0.377. The van der Waals surface area contributed by atoms with Gasteiger partial charge < -0.3 is 4.90 Å². The maximum absolute atomic E-state index is 12.0. The molecule has 0 aromatic heterocycles. The first-order valence-electron chi connectivity index (χ1n) is 6.25. The zero-order valence-electron chi connectivity index (χ0n) is 9.91. The Balaban J connectivity index is 1.86. The second-order valence-corrected chi connectivity index (χ2v) is 4.93. The first-order chi connectivity index (χ1) is 8.15. The Bertz CT molecular complexity index is 319. The number of carbonyl (C=O) groups is 3. The largest absolute Gasteiger partial charge is 0.324 e. The Morgan fingerprint density at radius 2 is 1.71 bits per heavy atom. The Morgan fingerprint density at radius 1 is 1.12 bits per heavy atom. The lowest BCUT2D eigenvalue weighted by Gasteiger charge is -2.28. The van der Waals surface area contributed by atoms with Crippen LogP contribution in [0.1, 0.15) is 38.5 Å². The molecule has 0 aromatic carbocycles. The van der Waals surface area contributed by atoms with Crippen molar-refractivity contribution in [3.63, 3.8) is 0 Å². The van der Waals surface area contributed by atoms with E-state index in [1.165, 1.54) is 24.2 Å². The molecule has 1 aliphatic carbocycles. The van der Waals surface area contributed by atoms with Crippen molar-refractivity contribution in [2.24, 2.45) is 5.92 Å². The van der Waals surface area contributed by atoms with E-state index in [1.54, 1.807) is 0 Å². The highest BCUT2D eigenvalue weighted by molar-refractivity contribution is 6.02. The van der Waals surface area contributed by atoms with Crippen LogP contribution >= 0.6 is 0 Å². The maximum Gasteiger partial charge on any atom is 0.246 e. The van der Waals surface area contributed by atoms with E-state index in [4.69, 9.17) is 0 Å². The number of nitrogens with zero attached hydrogens (tertiary/aromatic N) is 1. The molecule has 0 bridgehead atoms. The van der Waals surface area contributed by atoms with Crippen molar-refractivity contribution in [3.05, 3.63) is 0 Å². The van der Waals surface area contributed by atoms with Crippen molar-refractivity contribution in [1.82, 2.24) is 10.2 Å². The Labute approximate surface area is 101 Å². The molecule has 1 N–H and O–H groups in total. The van der Waals surface area contributed by atoms with Gasteiger partial charge in [0.2, 0.25) is 17.7 Å². The van der Waals surface area contributed by atoms with E-state index in [9.17, 15) is 14.4 Å². The number of carbonyl (C=O) groups excluding carboxylic acids is 3. The molecule has 0 atom stereocenters. The van der Waals surface area contributed by atoms with E-state index < -0.39 is 0 Å². The van der Waals surface area contributed by atoms with Crippen LogP contribution in [0.5, 0.6) is 0 Å². The molecule has 1 saturated heterocycles. The van der Waals surface area contributed by atoms with Gasteiger partial charge in [0.25, 0.3) is 0 Å². The average Bonchev–Trinajstić information content (AvgIpc) is 2.29. The summed E-state index contributed by atoms with van der Waals surface area (Å²) in [5, 5.41) is 2.20. The fraction of sp³-hybridized carbons (Fsp3) is 0.750. The Kier molecular flexibility index (Phi) is 3.76. The monoisotopic (exact) mass is 238 g/mol. The lowest BCUT2D eigenvalue weighted by atomic mass is 9.86. The van der Waals surface area contributed by atoms with Crippen molar-refractivity contribution in [1.29, 1.82) is 0 Å². The second kappa shape index (κ2) is 5.29. The van der Waals surface area contributed by atoms with Crippen molar-refractivity contribution < 1.29 is 14.4 Å². The highest BCUT2D eigenvalue weighted by Crippen LogP contribution is 2.26. The third kappa shape index (κ3) is 3.28. The molecule has 1 heterocycles. The maximum atomic E-state index is 12.0. The van der Waals surface area contributed by atoms with Gasteiger partial charge in [-0.3, -0.25) is 19.7 Å². The van der Waals surface area contributed by atoms with E-state index >= 15 is 0 Å². The van der Waals surface area contributed by atoms with Crippen LogP contribution < -0.4 is 5.32 Å². The molecule has 5 nitrogen and oxygen atoms in total. The third-order valence-electron chi connectivity index (χ3n) is 3.49. The number of amides is 3. The quantitative estimate of drug-likeness (QED) is 0.710. The molecule has 2 fully saturated rings. The smallest absolute Gasteiger partial charge is 0.246 e. The highest BCUT2D eigenvalue weighted by Gasteiger charge is 2.28. The van der Waals surface area contributed by atoms with E-state index in [-0.39, 0.29) is 30.8 Å². The van der Waals surface area contributed by atoms with Gasteiger partial charge in [0.15, 0.2) is 0 Å². The van der Waals surface area contributed by atoms with Crippen molar-refractivity contribution >= 4 is 17.7 Å². The molecule has 17 heavy (non-hydrogen) atoms. The third-order valence-corrected chi connectivity index (χ3v) is 3.49. The summed E-state index contributed by atoms with van der Waals surface area (Å²) >= 11 is 0. The summed E-state index contributed by atoms with van der Waals surface area (Å²) in [6, 6.07) is 0. The summed E-state index contributed by atoms with van der Waals surface area (Å²) in [7, 11) is 0. The molecule has 0 unspecified atom stereocenters. The van der Waals surface area contributed by atoms with Gasteiger partial charge >= 0.3 is 0 Å². The zero-order chi connectivity index (χ0) is 12.3. The molecule has 0 aromatic rings. The fourth-order valence-electron chi connectivity index (χ4n) is 2.58. The number of imide groups is 1. The van der Waals surface area contributed by atoms with Crippen LogP contribution in [0.4, 0.5) is 0 Å². The van der Waals surface area contributed by atoms with Gasteiger partial charge in [-0.2, -0.15) is 0 Å². The fourth-order valence-corrected chi connectivity index (χ4v) is 2.58. The van der Waals surface area contributed by atoms with Crippen LogP contribution in [0.25, 0.3) is 0 Å². The zero-order valence-corrected chi connectivity index (χ0v) is 9.91. The minimum absolute atomic E-state index is 0.0251. The van der Waals surface area contributed by atoms with Gasteiger partial charge in [0.1, 0.15) is 13.1 Å². The molecule has 1 aliphatic heterocycles. The molecule has 3 amide bonds. The van der Waals surface area contributed by atoms with Gasteiger partial charge in [-0.05, 0) is 18.8 Å². The lowest BCUT2D eigenvalue weighted by molar-refractivity contribution is -0.146. The second-order valence-electron chi connectivity index (χ2n) is 4.93. The van der Waals surface area contributed by atoms with Crippen LogP contribution in [0, 0.1) is 5.92 Å². The number of hydrogen-bond donors (Lipinski definition) is 1. The molecule has 94 valence electrons. The average molecular weight is 238 g/mol. The number of rotatable bonds is 2. The van der Waals surface area contributed by atoms with E-state index in [0.717, 1.165) is 12.8 Å². The van der Waals surface area contributed by atoms with Crippen LogP contribution in [0.15, 0.2) is 0 Å². The van der Waals surface area contributed by atoms with Crippen molar-refractivity contribution in [2.75, 3.05) is 13.1 Å². The number of nitrogens with one attached hydrogen (secondary N) is 1.